The van der Waals surface area contributed by atoms with Gasteiger partial charge in [0.05, 0.1) is 27.3 Å². The van der Waals surface area contributed by atoms with E-state index < -0.39 is 12.1 Å². The molecule has 4 rings (SSSR count). The Balaban J connectivity index is 1.32. The van der Waals surface area contributed by atoms with Gasteiger partial charge in [-0.1, -0.05) is 11.6 Å². The van der Waals surface area contributed by atoms with Crippen LogP contribution in [0.15, 0.2) is 46.8 Å². The van der Waals surface area contributed by atoms with Crippen LogP contribution in [0, 0.1) is 11.8 Å². The highest BCUT2D eigenvalue weighted by molar-refractivity contribution is 8.01. The molecule has 0 aliphatic carbocycles. The summed E-state index contributed by atoms with van der Waals surface area (Å²) in [6.07, 6.45) is 5.67. The molecule has 0 unspecified atom stereocenters. The van der Waals surface area contributed by atoms with E-state index in [4.69, 9.17) is 16.3 Å². The number of ether oxygens (including phenoxy) is 1. The molecule has 1 aliphatic rings. The van der Waals surface area contributed by atoms with E-state index in [1.165, 1.54) is 4.21 Å². The number of carbonyl (C=O) groups is 1. The monoisotopic (exact) mass is 562 g/mol. The van der Waals surface area contributed by atoms with Crippen molar-refractivity contribution in [3.63, 3.8) is 0 Å². The van der Waals surface area contributed by atoms with Crippen molar-refractivity contribution in [3.8, 4) is 5.75 Å². The van der Waals surface area contributed by atoms with Crippen LogP contribution >= 0.6 is 34.7 Å². The summed E-state index contributed by atoms with van der Waals surface area (Å²) in [4.78, 5) is 18.2. The van der Waals surface area contributed by atoms with Gasteiger partial charge in [-0.05, 0) is 99.0 Å². The highest BCUT2D eigenvalue weighted by atomic mass is 35.5. The van der Waals surface area contributed by atoms with Crippen LogP contribution in [-0.4, -0.2) is 58.6 Å². The molecule has 0 radical (unpaired) electrons. The molecule has 2 aromatic heterocycles. The second-order valence-corrected chi connectivity index (χ2v) is 12.8. The number of aromatic nitrogens is 1. The van der Waals surface area contributed by atoms with Crippen LogP contribution < -0.4 is 4.74 Å². The number of fused-ring (bicyclic) bond motifs is 1. The highest BCUT2D eigenvalue weighted by Gasteiger charge is 2.30. The lowest BCUT2D eigenvalue weighted by molar-refractivity contribution is -0.137. The molecule has 200 valence electrons. The lowest BCUT2D eigenvalue weighted by Gasteiger charge is -2.39. The number of likely N-dealkylation sites (tertiary alicyclic amines) is 1. The summed E-state index contributed by atoms with van der Waals surface area (Å²) in [5.41, 5.74) is 1.71. The molecule has 0 bridgehead atoms. The zero-order valence-electron chi connectivity index (χ0n) is 21.1. The summed E-state index contributed by atoms with van der Waals surface area (Å²) >= 11 is 9.49. The van der Waals surface area contributed by atoms with E-state index in [1.54, 1.807) is 24.6 Å². The van der Waals surface area contributed by atoms with Crippen molar-refractivity contribution in [1.82, 2.24) is 9.88 Å². The molecule has 1 fully saturated rings. The van der Waals surface area contributed by atoms with E-state index in [0.717, 1.165) is 71.2 Å². The average Bonchev–Trinajstić information content (AvgIpc) is 3.33. The van der Waals surface area contributed by atoms with E-state index in [2.05, 4.69) is 16.0 Å². The topological polar surface area (TPSA) is 82.9 Å². The quantitative estimate of drug-likeness (QED) is 0.176. The number of methoxy groups -OCH3 is 1. The Morgan fingerprint density at radius 3 is 2.89 bits per heavy atom. The van der Waals surface area contributed by atoms with E-state index in [-0.39, 0.29) is 6.42 Å². The molecule has 3 heterocycles. The number of carboxylic acids is 1. The largest absolute Gasteiger partial charge is 0.497 e. The summed E-state index contributed by atoms with van der Waals surface area (Å²) in [5, 5.41) is 21.3. The predicted molar refractivity (Wildman–Crippen MR) is 152 cm³/mol. The third kappa shape index (κ3) is 8.07. The fraction of sp³-hybridized carbons (Fsp3) is 0.500. The first kappa shape index (κ1) is 28.2. The molecule has 0 saturated carbocycles. The van der Waals surface area contributed by atoms with Crippen LogP contribution in [0.1, 0.15) is 50.2 Å². The number of hydrogen-bond acceptors (Lipinski definition) is 7. The van der Waals surface area contributed by atoms with E-state index in [9.17, 15) is 15.0 Å². The van der Waals surface area contributed by atoms with Crippen molar-refractivity contribution >= 4 is 51.6 Å². The van der Waals surface area contributed by atoms with Gasteiger partial charge < -0.3 is 19.8 Å². The van der Waals surface area contributed by atoms with Gasteiger partial charge in [0.1, 0.15) is 5.75 Å². The van der Waals surface area contributed by atoms with Crippen molar-refractivity contribution in [3.05, 3.63) is 52.5 Å². The number of thiophene rings is 1. The lowest BCUT2D eigenvalue weighted by atomic mass is 9.79. The van der Waals surface area contributed by atoms with Crippen LogP contribution in [0.25, 0.3) is 10.9 Å². The van der Waals surface area contributed by atoms with Crippen LogP contribution in [0.3, 0.4) is 0 Å². The first-order chi connectivity index (χ1) is 17.9. The van der Waals surface area contributed by atoms with Gasteiger partial charge in [0, 0.05) is 30.3 Å². The average molecular weight is 563 g/mol. The number of benzene rings is 1. The van der Waals surface area contributed by atoms with Crippen LogP contribution in [0.4, 0.5) is 0 Å². The fourth-order valence-electron chi connectivity index (χ4n) is 5.30. The zero-order chi connectivity index (χ0) is 26.2. The van der Waals surface area contributed by atoms with Gasteiger partial charge in [-0.15, -0.1) is 23.1 Å². The Morgan fingerprint density at radius 1 is 1.27 bits per heavy atom. The first-order valence-corrected chi connectivity index (χ1v) is 15.0. The molecule has 6 nitrogen and oxygen atoms in total. The molecule has 37 heavy (non-hydrogen) atoms. The molecule has 3 aromatic rings. The molecule has 3 atom stereocenters. The van der Waals surface area contributed by atoms with E-state index >= 15 is 0 Å². The third-order valence-electron chi connectivity index (χ3n) is 7.27. The molecule has 0 spiro atoms. The van der Waals surface area contributed by atoms with Gasteiger partial charge >= 0.3 is 5.97 Å². The third-order valence-corrected chi connectivity index (χ3v) is 9.81. The minimum Gasteiger partial charge on any atom is -0.497 e. The Hall–Kier alpha value is -1.84. The first-order valence-electron chi connectivity index (χ1n) is 12.9. The van der Waals surface area contributed by atoms with Gasteiger partial charge in [-0.25, -0.2) is 0 Å². The number of carboxylic acid groups (broad SMARTS) is 1. The predicted octanol–water partition coefficient (Wildman–Crippen LogP) is 6.76. The number of halogens is 1. The summed E-state index contributed by atoms with van der Waals surface area (Å²) in [7, 11) is 1.63. The second kappa shape index (κ2) is 13.8. The van der Waals surface area contributed by atoms with Gasteiger partial charge in [0.15, 0.2) is 0 Å². The van der Waals surface area contributed by atoms with Gasteiger partial charge in [0.25, 0.3) is 0 Å². The van der Waals surface area contributed by atoms with Gasteiger partial charge in [-0.3, -0.25) is 9.78 Å². The summed E-state index contributed by atoms with van der Waals surface area (Å²) in [6, 6.07) is 11.6. The van der Waals surface area contributed by atoms with Gasteiger partial charge in [-0.2, -0.15) is 0 Å². The Labute approximate surface area is 232 Å². The zero-order valence-corrected chi connectivity index (χ0v) is 23.5. The number of rotatable bonds is 13. The number of piperidine rings is 1. The van der Waals surface area contributed by atoms with Crippen molar-refractivity contribution in [1.29, 1.82) is 0 Å². The maximum Gasteiger partial charge on any atom is 0.303 e. The second-order valence-electron chi connectivity index (χ2n) is 9.68. The van der Waals surface area contributed by atoms with Crippen LogP contribution in [0.2, 0.25) is 4.34 Å². The number of aliphatic hydroxyl groups is 1. The normalized spacial score (nSPS) is 19.2. The summed E-state index contributed by atoms with van der Waals surface area (Å²) in [5.74, 6) is 1.80. The number of thioether (sulfide) groups is 1. The molecule has 1 saturated heterocycles. The lowest BCUT2D eigenvalue weighted by Crippen LogP contribution is -2.41. The van der Waals surface area contributed by atoms with E-state index in [1.807, 2.05) is 42.1 Å². The van der Waals surface area contributed by atoms with Crippen molar-refractivity contribution in [2.24, 2.45) is 11.8 Å². The van der Waals surface area contributed by atoms with Crippen molar-refractivity contribution < 1.29 is 19.7 Å². The highest BCUT2D eigenvalue weighted by Crippen LogP contribution is 2.36. The maximum atomic E-state index is 11.3. The molecule has 0 amide bonds. The standard InChI is InChI=1S/C28H35ClN2O4S2/c1-35-21-5-6-24-23(17-21)22(11-13-30-24)25(32)7-3-19-12-15-31(18-20(19)4-9-27(33)34)14-2-16-36-28-10-8-26(29)37-28/h5-6,8,10-11,13,17,19-20,25,32H,2-4,7,9,12,14-16,18H2,1H3,(H,33,34)/t19-,20-,25-/m1/s1. The summed E-state index contributed by atoms with van der Waals surface area (Å²) in [6.45, 7) is 2.98. The molecular weight excluding hydrogens is 528 g/mol. The Morgan fingerprint density at radius 2 is 2.14 bits per heavy atom. The van der Waals surface area contributed by atoms with E-state index in [0.29, 0.717) is 24.7 Å². The van der Waals surface area contributed by atoms with Crippen molar-refractivity contribution in [2.75, 3.05) is 32.5 Å². The molecular formula is C28H35ClN2O4S2. The Kier molecular flexibility index (Phi) is 10.5. The number of pyridine rings is 1. The number of nitrogens with zero attached hydrogens (tertiary/aromatic N) is 2. The SMILES string of the molecule is COc1ccc2nccc([C@H](O)CC[C@@H]3CCN(CCCSc4ccc(Cl)s4)C[C@H]3CCC(=O)O)c2c1. The van der Waals surface area contributed by atoms with Crippen LogP contribution in [0.5, 0.6) is 5.75 Å². The minimum atomic E-state index is -0.737. The fourth-order valence-corrected chi connectivity index (χ4v) is 7.61. The Bertz CT molecular complexity index is 1170. The van der Waals surface area contributed by atoms with Crippen LogP contribution in [-0.2, 0) is 4.79 Å². The smallest absolute Gasteiger partial charge is 0.303 e. The van der Waals surface area contributed by atoms with Gasteiger partial charge in [0.2, 0.25) is 0 Å². The number of hydrogen-bond donors (Lipinski definition) is 2. The molecule has 1 aliphatic heterocycles. The summed E-state index contributed by atoms with van der Waals surface area (Å²) < 4.78 is 7.45. The molecule has 9 heteroatoms. The molecule has 1 aromatic carbocycles. The maximum absolute atomic E-state index is 11.3. The minimum absolute atomic E-state index is 0.196. The number of aliphatic carboxylic acids is 1. The number of aliphatic hydroxyl groups excluding tert-OH is 1. The van der Waals surface area contributed by atoms with Crippen molar-refractivity contribution in [2.45, 2.75) is 48.8 Å². The molecule has 2 N–H and O–H groups in total.